The molecule has 2 aromatic rings. The van der Waals surface area contributed by atoms with Crippen molar-refractivity contribution in [2.45, 2.75) is 19.8 Å². The van der Waals surface area contributed by atoms with Crippen LogP contribution in [0.1, 0.15) is 28.4 Å². The largest absolute Gasteiger partial charge is 0.462 e. The van der Waals surface area contributed by atoms with Gasteiger partial charge in [0.25, 0.3) is 0 Å². The maximum atomic E-state index is 12.3. The van der Waals surface area contributed by atoms with Crippen molar-refractivity contribution >= 4 is 17.4 Å². The smallest absolute Gasteiger partial charge is 0.338 e. The second kappa shape index (κ2) is 7.41. The van der Waals surface area contributed by atoms with Gasteiger partial charge in [-0.1, -0.05) is 36.4 Å². The second-order valence-electron chi connectivity index (χ2n) is 4.97. The standard InChI is InChI=1S/C18H19NO3/c1-2-22-18(21)16-9-5-3-7-13(16)11-15(20)12-14-8-4-6-10-17(14)19/h3-10H,2,11-12,19H2,1H3. The lowest BCUT2D eigenvalue weighted by molar-refractivity contribution is -0.117. The lowest BCUT2D eigenvalue weighted by atomic mass is 9.98. The summed E-state index contributed by atoms with van der Waals surface area (Å²) in [6.45, 7) is 2.06. The lowest BCUT2D eigenvalue weighted by Crippen LogP contribution is -2.13. The van der Waals surface area contributed by atoms with Crippen LogP contribution in [0.25, 0.3) is 0 Å². The summed E-state index contributed by atoms with van der Waals surface area (Å²) in [5.41, 5.74) is 8.39. The van der Waals surface area contributed by atoms with Crippen LogP contribution in [0.5, 0.6) is 0 Å². The highest BCUT2D eigenvalue weighted by atomic mass is 16.5. The van der Waals surface area contributed by atoms with Crippen molar-refractivity contribution in [2.75, 3.05) is 12.3 Å². The number of anilines is 1. The Balaban J connectivity index is 2.12. The molecule has 0 spiro atoms. The molecule has 0 amide bonds. The Labute approximate surface area is 129 Å². The highest BCUT2D eigenvalue weighted by Crippen LogP contribution is 2.15. The SMILES string of the molecule is CCOC(=O)c1ccccc1CC(=O)Cc1ccccc1N. The molecule has 4 heteroatoms. The molecule has 2 rings (SSSR count). The minimum Gasteiger partial charge on any atom is -0.462 e. The number of Topliss-reactive ketones (excluding diaryl/α,β-unsaturated/α-hetero) is 1. The van der Waals surface area contributed by atoms with Crippen LogP contribution in [0.4, 0.5) is 5.69 Å². The number of benzene rings is 2. The number of para-hydroxylation sites is 1. The van der Waals surface area contributed by atoms with E-state index in [1.807, 2.05) is 24.3 Å². The van der Waals surface area contributed by atoms with Gasteiger partial charge in [-0.25, -0.2) is 4.79 Å². The fourth-order valence-corrected chi connectivity index (χ4v) is 2.26. The zero-order chi connectivity index (χ0) is 15.9. The molecule has 0 bridgehead atoms. The Hall–Kier alpha value is -2.62. The highest BCUT2D eigenvalue weighted by Gasteiger charge is 2.15. The number of ketones is 1. The highest BCUT2D eigenvalue weighted by molar-refractivity contribution is 5.93. The predicted octanol–water partition coefficient (Wildman–Crippen LogP) is 2.80. The molecule has 0 radical (unpaired) electrons. The first-order valence-electron chi connectivity index (χ1n) is 7.22. The maximum absolute atomic E-state index is 12.3. The molecule has 0 atom stereocenters. The number of esters is 1. The van der Waals surface area contributed by atoms with E-state index in [9.17, 15) is 9.59 Å². The van der Waals surface area contributed by atoms with Crippen LogP contribution in [0.15, 0.2) is 48.5 Å². The van der Waals surface area contributed by atoms with Gasteiger partial charge in [-0.15, -0.1) is 0 Å². The minimum atomic E-state index is -0.398. The van der Waals surface area contributed by atoms with E-state index in [1.54, 1.807) is 31.2 Å². The third-order valence-corrected chi connectivity index (χ3v) is 3.34. The molecule has 0 saturated carbocycles. The summed E-state index contributed by atoms with van der Waals surface area (Å²) < 4.78 is 5.02. The first-order chi connectivity index (χ1) is 10.6. The van der Waals surface area contributed by atoms with E-state index in [4.69, 9.17) is 10.5 Å². The van der Waals surface area contributed by atoms with E-state index in [0.717, 1.165) is 5.56 Å². The van der Waals surface area contributed by atoms with Gasteiger partial charge in [0.2, 0.25) is 0 Å². The van der Waals surface area contributed by atoms with Crippen molar-refractivity contribution in [1.82, 2.24) is 0 Å². The third kappa shape index (κ3) is 3.95. The quantitative estimate of drug-likeness (QED) is 0.657. The monoisotopic (exact) mass is 297 g/mol. The molecule has 0 aliphatic carbocycles. The number of hydrogen-bond donors (Lipinski definition) is 1. The summed E-state index contributed by atoms with van der Waals surface area (Å²) in [7, 11) is 0. The third-order valence-electron chi connectivity index (χ3n) is 3.34. The summed E-state index contributed by atoms with van der Waals surface area (Å²) in [6.07, 6.45) is 0.438. The normalized spacial score (nSPS) is 10.2. The van der Waals surface area contributed by atoms with Gasteiger partial charge in [0, 0.05) is 18.5 Å². The Morgan fingerprint density at radius 2 is 1.55 bits per heavy atom. The second-order valence-corrected chi connectivity index (χ2v) is 4.97. The average Bonchev–Trinajstić information content (AvgIpc) is 2.50. The summed E-state index contributed by atoms with van der Waals surface area (Å²) in [5.74, 6) is -0.389. The van der Waals surface area contributed by atoms with Crippen LogP contribution in [0.2, 0.25) is 0 Å². The molecular formula is C18H19NO3. The molecule has 0 unspecified atom stereocenters. The number of rotatable bonds is 6. The Kier molecular flexibility index (Phi) is 5.31. The van der Waals surface area contributed by atoms with Crippen LogP contribution >= 0.6 is 0 Å². The molecule has 4 nitrogen and oxygen atoms in total. The number of ether oxygens (including phenoxy) is 1. The van der Waals surface area contributed by atoms with E-state index >= 15 is 0 Å². The van der Waals surface area contributed by atoms with Gasteiger partial charge in [-0.2, -0.15) is 0 Å². The molecule has 0 aromatic heterocycles. The maximum Gasteiger partial charge on any atom is 0.338 e. The van der Waals surface area contributed by atoms with E-state index in [2.05, 4.69) is 0 Å². The van der Waals surface area contributed by atoms with E-state index in [1.165, 1.54) is 0 Å². The Bertz CT molecular complexity index is 680. The average molecular weight is 297 g/mol. The first kappa shape index (κ1) is 15.8. The fourth-order valence-electron chi connectivity index (χ4n) is 2.26. The predicted molar refractivity (Wildman–Crippen MR) is 85.7 cm³/mol. The van der Waals surface area contributed by atoms with Crippen LogP contribution < -0.4 is 5.73 Å². The fraction of sp³-hybridized carbons (Fsp3) is 0.222. The van der Waals surface area contributed by atoms with Crippen LogP contribution in [0.3, 0.4) is 0 Å². The first-order valence-corrected chi connectivity index (χ1v) is 7.22. The van der Waals surface area contributed by atoms with Gasteiger partial charge < -0.3 is 10.5 Å². The Morgan fingerprint density at radius 3 is 2.23 bits per heavy atom. The molecule has 22 heavy (non-hydrogen) atoms. The number of carbonyl (C=O) groups excluding carboxylic acids is 2. The van der Waals surface area contributed by atoms with E-state index in [-0.39, 0.29) is 18.6 Å². The van der Waals surface area contributed by atoms with Crippen molar-refractivity contribution in [1.29, 1.82) is 0 Å². The number of nitrogens with two attached hydrogens (primary N) is 1. The molecule has 0 heterocycles. The van der Waals surface area contributed by atoms with Gasteiger partial charge in [0.15, 0.2) is 0 Å². The summed E-state index contributed by atoms with van der Waals surface area (Å²) in [6, 6.07) is 14.3. The Morgan fingerprint density at radius 1 is 0.955 bits per heavy atom. The lowest BCUT2D eigenvalue weighted by Gasteiger charge is -2.09. The van der Waals surface area contributed by atoms with Gasteiger partial charge >= 0.3 is 5.97 Å². The topological polar surface area (TPSA) is 69.4 Å². The molecule has 2 aromatic carbocycles. The molecule has 0 aliphatic heterocycles. The molecule has 0 saturated heterocycles. The van der Waals surface area contributed by atoms with Gasteiger partial charge in [-0.05, 0) is 30.2 Å². The molecule has 114 valence electrons. The molecule has 2 N–H and O–H groups in total. The van der Waals surface area contributed by atoms with Gasteiger partial charge in [0.1, 0.15) is 5.78 Å². The van der Waals surface area contributed by atoms with Crippen molar-refractivity contribution in [2.24, 2.45) is 0 Å². The van der Waals surface area contributed by atoms with Crippen LogP contribution in [-0.4, -0.2) is 18.4 Å². The molecule has 0 aliphatic rings. The van der Waals surface area contributed by atoms with E-state index in [0.29, 0.717) is 23.4 Å². The van der Waals surface area contributed by atoms with E-state index < -0.39 is 5.97 Å². The minimum absolute atomic E-state index is 0.00893. The van der Waals surface area contributed by atoms with Gasteiger partial charge in [0.05, 0.1) is 12.2 Å². The molecular weight excluding hydrogens is 278 g/mol. The van der Waals surface area contributed by atoms with Crippen LogP contribution in [-0.2, 0) is 22.4 Å². The molecule has 0 fully saturated rings. The van der Waals surface area contributed by atoms with Crippen LogP contribution in [0, 0.1) is 0 Å². The number of nitrogen functional groups attached to an aromatic ring is 1. The number of carbonyl (C=O) groups is 2. The summed E-state index contributed by atoms with van der Waals surface area (Å²) in [4.78, 5) is 24.2. The summed E-state index contributed by atoms with van der Waals surface area (Å²) in [5, 5.41) is 0. The van der Waals surface area contributed by atoms with Crippen molar-refractivity contribution in [3.63, 3.8) is 0 Å². The van der Waals surface area contributed by atoms with Crippen molar-refractivity contribution in [3.05, 3.63) is 65.2 Å². The van der Waals surface area contributed by atoms with Crippen molar-refractivity contribution < 1.29 is 14.3 Å². The van der Waals surface area contributed by atoms with Crippen molar-refractivity contribution in [3.8, 4) is 0 Å². The van der Waals surface area contributed by atoms with Gasteiger partial charge in [-0.3, -0.25) is 4.79 Å². The summed E-state index contributed by atoms with van der Waals surface area (Å²) >= 11 is 0. The zero-order valence-corrected chi connectivity index (χ0v) is 12.5. The zero-order valence-electron chi connectivity index (χ0n) is 12.5. The number of hydrogen-bond acceptors (Lipinski definition) is 4.